The Balaban J connectivity index is 3.77. The minimum Gasteiger partial charge on any atom is -0.308 e. The van der Waals surface area contributed by atoms with E-state index in [0.29, 0.717) is 6.54 Å². The summed E-state index contributed by atoms with van der Waals surface area (Å²) < 4.78 is 36.4. The Hall–Kier alpha value is 0.190. The second-order valence-electron chi connectivity index (χ2n) is 3.57. The average molecular weight is 277 g/mol. The van der Waals surface area contributed by atoms with Crippen LogP contribution < -0.4 is 0 Å². The summed E-state index contributed by atoms with van der Waals surface area (Å²) >= 11 is 2.63. The fourth-order valence-corrected chi connectivity index (χ4v) is 1.33. The second kappa shape index (κ2) is 5.92. The molecule has 0 N–H and O–H groups in total. The molecule has 2 nitrogen and oxygen atoms in total. The molecule has 0 aromatic carbocycles. The number of rotatable bonds is 5. The first kappa shape index (κ1) is 14.2. The number of alkyl halides is 4. The first-order valence-electron chi connectivity index (χ1n) is 4.27. The summed E-state index contributed by atoms with van der Waals surface area (Å²) in [5.74, 6) is 0. The standard InChI is InChI=1S/C8H16BrF3N2/c1-13(2)4-5-14(3)6-7(9)8(10,11)12/h7H,4-6H2,1-3H3. The Kier molecular flexibility index (Phi) is 6.00. The molecule has 0 bridgehead atoms. The Labute approximate surface area is 91.2 Å². The van der Waals surface area contributed by atoms with Crippen LogP contribution in [0.3, 0.4) is 0 Å². The highest BCUT2D eigenvalue weighted by atomic mass is 79.9. The molecule has 0 aliphatic carbocycles. The third-order valence-corrected chi connectivity index (χ3v) is 2.56. The molecule has 1 unspecified atom stereocenters. The number of halogens is 4. The largest absolute Gasteiger partial charge is 0.402 e. The van der Waals surface area contributed by atoms with Gasteiger partial charge in [-0.3, -0.25) is 0 Å². The summed E-state index contributed by atoms with van der Waals surface area (Å²) in [6, 6.07) is 0. The lowest BCUT2D eigenvalue weighted by molar-refractivity contribution is -0.129. The van der Waals surface area contributed by atoms with Gasteiger partial charge in [0.15, 0.2) is 0 Å². The Morgan fingerprint density at radius 3 is 2.00 bits per heavy atom. The summed E-state index contributed by atoms with van der Waals surface area (Å²) in [6.07, 6.45) is -4.16. The third-order valence-electron chi connectivity index (χ3n) is 1.76. The van der Waals surface area contributed by atoms with Crippen molar-refractivity contribution in [2.75, 3.05) is 40.8 Å². The van der Waals surface area contributed by atoms with Gasteiger partial charge < -0.3 is 9.80 Å². The van der Waals surface area contributed by atoms with Gasteiger partial charge in [-0.2, -0.15) is 13.2 Å². The summed E-state index contributed by atoms with van der Waals surface area (Å²) in [5, 5.41) is 0. The van der Waals surface area contributed by atoms with Crippen LogP contribution in [-0.4, -0.2) is 61.6 Å². The van der Waals surface area contributed by atoms with Crippen molar-refractivity contribution >= 4 is 15.9 Å². The molecule has 0 saturated heterocycles. The topological polar surface area (TPSA) is 6.48 Å². The average Bonchev–Trinajstić information content (AvgIpc) is 1.99. The van der Waals surface area contributed by atoms with Crippen molar-refractivity contribution < 1.29 is 13.2 Å². The molecule has 0 aliphatic rings. The number of nitrogens with zero attached hydrogens (tertiary/aromatic N) is 2. The molecule has 0 saturated carbocycles. The van der Waals surface area contributed by atoms with E-state index in [2.05, 4.69) is 15.9 Å². The lowest BCUT2D eigenvalue weighted by Gasteiger charge is -2.23. The molecule has 14 heavy (non-hydrogen) atoms. The zero-order valence-corrected chi connectivity index (χ0v) is 10.2. The summed E-state index contributed by atoms with van der Waals surface area (Å²) in [7, 11) is 5.47. The van der Waals surface area contributed by atoms with E-state index in [1.165, 1.54) is 0 Å². The van der Waals surface area contributed by atoms with Gasteiger partial charge >= 0.3 is 6.18 Å². The predicted molar refractivity (Wildman–Crippen MR) is 54.8 cm³/mol. The van der Waals surface area contributed by atoms with Crippen molar-refractivity contribution in [2.45, 2.75) is 11.0 Å². The minimum absolute atomic E-state index is 0.0165. The van der Waals surface area contributed by atoms with Crippen LogP contribution in [0.5, 0.6) is 0 Å². The molecule has 0 radical (unpaired) electrons. The van der Waals surface area contributed by atoms with E-state index in [1.54, 1.807) is 11.9 Å². The first-order valence-corrected chi connectivity index (χ1v) is 5.19. The minimum atomic E-state index is -4.16. The van der Waals surface area contributed by atoms with Crippen LogP contribution >= 0.6 is 15.9 Å². The maximum atomic E-state index is 12.1. The Morgan fingerprint density at radius 1 is 1.14 bits per heavy atom. The molecule has 0 rings (SSSR count). The molecule has 0 aliphatic heterocycles. The van der Waals surface area contributed by atoms with Gasteiger partial charge in [0.25, 0.3) is 0 Å². The van der Waals surface area contributed by atoms with Crippen molar-refractivity contribution in [1.82, 2.24) is 9.80 Å². The lowest BCUT2D eigenvalue weighted by atomic mass is 10.4. The van der Waals surface area contributed by atoms with Crippen LogP contribution in [0.15, 0.2) is 0 Å². The highest BCUT2D eigenvalue weighted by Crippen LogP contribution is 2.26. The van der Waals surface area contributed by atoms with E-state index in [4.69, 9.17) is 0 Å². The van der Waals surface area contributed by atoms with Crippen molar-refractivity contribution in [3.8, 4) is 0 Å². The molecule has 0 spiro atoms. The van der Waals surface area contributed by atoms with Crippen LogP contribution in [0.4, 0.5) is 13.2 Å². The van der Waals surface area contributed by atoms with E-state index in [-0.39, 0.29) is 6.54 Å². The van der Waals surface area contributed by atoms with Crippen LogP contribution in [0, 0.1) is 0 Å². The van der Waals surface area contributed by atoms with Gasteiger partial charge in [-0.05, 0) is 21.1 Å². The van der Waals surface area contributed by atoms with Crippen LogP contribution in [0.1, 0.15) is 0 Å². The quantitative estimate of drug-likeness (QED) is 0.707. The Morgan fingerprint density at radius 2 is 1.64 bits per heavy atom. The molecule has 0 aromatic heterocycles. The molecule has 1 atom stereocenters. The normalized spacial score (nSPS) is 15.2. The van der Waals surface area contributed by atoms with Gasteiger partial charge in [0.05, 0.1) is 0 Å². The second-order valence-corrected chi connectivity index (χ2v) is 4.68. The van der Waals surface area contributed by atoms with Crippen LogP contribution in [0.25, 0.3) is 0 Å². The first-order chi connectivity index (χ1) is 6.23. The number of hydrogen-bond acceptors (Lipinski definition) is 2. The SMILES string of the molecule is CN(C)CCN(C)CC(Br)C(F)(F)F. The molecule has 6 heteroatoms. The molecular formula is C8H16BrF3N2. The summed E-state index contributed by atoms with van der Waals surface area (Å²) in [5.41, 5.74) is 0. The maximum Gasteiger partial charge on any atom is 0.402 e. The maximum absolute atomic E-state index is 12.1. The van der Waals surface area contributed by atoms with Crippen LogP contribution in [-0.2, 0) is 0 Å². The fraction of sp³-hybridized carbons (Fsp3) is 1.00. The predicted octanol–water partition coefficient (Wildman–Crippen LogP) is 1.81. The lowest BCUT2D eigenvalue weighted by Crippen LogP contribution is -2.38. The van der Waals surface area contributed by atoms with Gasteiger partial charge in [-0.25, -0.2) is 0 Å². The molecule has 0 fully saturated rings. The Bertz CT molecular complexity index is 161. The summed E-state index contributed by atoms with van der Waals surface area (Å²) in [6.45, 7) is 1.37. The van der Waals surface area contributed by atoms with Gasteiger partial charge in [0, 0.05) is 19.6 Å². The molecule has 0 heterocycles. The van der Waals surface area contributed by atoms with E-state index in [0.717, 1.165) is 6.54 Å². The highest BCUT2D eigenvalue weighted by molar-refractivity contribution is 9.09. The smallest absolute Gasteiger partial charge is 0.308 e. The van der Waals surface area contributed by atoms with E-state index < -0.39 is 11.0 Å². The van der Waals surface area contributed by atoms with E-state index in [1.807, 2.05) is 19.0 Å². The van der Waals surface area contributed by atoms with Gasteiger partial charge in [0.2, 0.25) is 0 Å². The number of hydrogen-bond donors (Lipinski definition) is 0. The van der Waals surface area contributed by atoms with E-state index in [9.17, 15) is 13.2 Å². The van der Waals surface area contributed by atoms with Crippen molar-refractivity contribution in [3.63, 3.8) is 0 Å². The van der Waals surface area contributed by atoms with Crippen molar-refractivity contribution in [3.05, 3.63) is 0 Å². The van der Waals surface area contributed by atoms with Crippen molar-refractivity contribution in [2.24, 2.45) is 0 Å². The summed E-state index contributed by atoms with van der Waals surface area (Å²) in [4.78, 5) is 2.16. The highest BCUT2D eigenvalue weighted by Gasteiger charge is 2.37. The van der Waals surface area contributed by atoms with E-state index >= 15 is 0 Å². The zero-order chi connectivity index (χ0) is 11.4. The van der Waals surface area contributed by atoms with Gasteiger partial charge in [-0.1, -0.05) is 15.9 Å². The third kappa shape index (κ3) is 6.62. The molecular weight excluding hydrogens is 261 g/mol. The fourth-order valence-electron chi connectivity index (χ4n) is 0.839. The monoisotopic (exact) mass is 276 g/mol. The zero-order valence-electron chi connectivity index (χ0n) is 8.60. The van der Waals surface area contributed by atoms with Crippen LogP contribution in [0.2, 0.25) is 0 Å². The molecule has 0 amide bonds. The van der Waals surface area contributed by atoms with Gasteiger partial charge in [0.1, 0.15) is 4.83 Å². The molecule has 0 aromatic rings. The number of likely N-dealkylation sites (N-methyl/N-ethyl adjacent to an activating group) is 2. The molecule has 86 valence electrons. The van der Waals surface area contributed by atoms with Crippen molar-refractivity contribution in [1.29, 1.82) is 0 Å². The van der Waals surface area contributed by atoms with Gasteiger partial charge in [-0.15, -0.1) is 0 Å².